The number of hydrogen-bond acceptors (Lipinski definition) is 3. The Balaban J connectivity index is 0.00000300. The largest absolute Gasteiger partial charge is 0.443 e. The highest BCUT2D eigenvalue weighted by molar-refractivity contribution is 14.0. The van der Waals surface area contributed by atoms with E-state index in [0.717, 1.165) is 31.2 Å². The van der Waals surface area contributed by atoms with Crippen molar-refractivity contribution in [2.24, 2.45) is 4.99 Å². The van der Waals surface area contributed by atoms with E-state index in [2.05, 4.69) is 84.6 Å². The highest BCUT2D eigenvalue weighted by atomic mass is 127. The van der Waals surface area contributed by atoms with Crippen LogP contribution in [0.25, 0.3) is 10.9 Å². The average Bonchev–Trinajstić information content (AvgIpc) is 3.27. The van der Waals surface area contributed by atoms with Crippen LogP contribution in [0.4, 0.5) is 0 Å². The highest BCUT2D eigenvalue weighted by Gasteiger charge is 2.19. The minimum absolute atomic E-state index is 0. The third-order valence-electron chi connectivity index (χ3n) is 4.71. The molecule has 0 amide bonds. The summed E-state index contributed by atoms with van der Waals surface area (Å²) in [6.45, 7) is 12.5. The van der Waals surface area contributed by atoms with Crippen molar-refractivity contribution < 1.29 is 4.42 Å². The maximum Gasteiger partial charge on any atom is 0.216 e. The Bertz CT molecular complexity index is 952. The third-order valence-corrected chi connectivity index (χ3v) is 4.71. The van der Waals surface area contributed by atoms with Crippen LogP contribution in [0.1, 0.15) is 50.5 Å². The van der Waals surface area contributed by atoms with Crippen molar-refractivity contribution in [2.45, 2.75) is 53.0 Å². The van der Waals surface area contributed by atoms with Crippen molar-refractivity contribution in [3.05, 3.63) is 53.4 Å². The fourth-order valence-corrected chi connectivity index (χ4v) is 3.10. The van der Waals surface area contributed by atoms with Gasteiger partial charge in [-0.3, -0.25) is 0 Å². The molecule has 0 radical (unpaired) electrons. The van der Waals surface area contributed by atoms with Crippen molar-refractivity contribution in [1.29, 1.82) is 0 Å². The lowest BCUT2D eigenvalue weighted by molar-refractivity contribution is 0.383. The number of fused-ring (bicyclic) bond motifs is 1. The monoisotopic (exact) mass is 509 g/mol. The summed E-state index contributed by atoms with van der Waals surface area (Å²) in [5.74, 6) is 2.29. The summed E-state index contributed by atoms with van der Waals surface area (Å²) < 4.78 is 5.82. The van der Waals surface area contributed by atoms with E-state index < -0.39 is 0 Å². The number of para-hydroxylation sites is 1. The van der Waals surface area contributed by atoms with Gasteiger partial charge in [0, 0.05) is 35.6 Å². The predicted octanol–water partition coefficient (Wildman–Crippen LogP) is 4.68. The maximum atomic E-state index is 5.82. The Kier molecular flexibility index (Phi) is 8.13. The summed E-state index contributed by atoms with van der Waals surface area (Å²) in [5.41, 5.74) is 3.75. The molecule has 0 aliphatic rings. The zero-order valence-electron chi connectivity index (χ0n) is 17.9. The van der Waals surface area contributed by atoms with Crippen LogP contribution >= 0.6 is 24.0 Å². The lowest BCUT2D eigenvalue weighted by Gasteiger charge is -2.13. The number of aromatic amines is 1. The van der Waals surface area contributed by atoms with Crippen LogP contribution in [0.3, 0.4) is 0 Å². The summed E-state index contributed by atoms with van der Waals surface area (Å²) in [5, 5.41) is 7.97. The number of aryl methyl sites for hydroxylation is 1. The van der Waals surface area contributed by atoms with E-state index in [1.54, 1.807) is 6.20 Å². The number of benzene rings is 1. The van der Waals surface area contributed by atoms with Crippen LogP contribution in [-0.2, 0) is 18.4 Å². The molecule has 0 unspecified atom stereocenters. The Morgan fingerprint density at radius 3 is 2.72 bits per heavy atom. The molecule has 7 heteroatoms. The van der Waals surface area contributed by atoms with E-state index in [4.69, 9.17) is 4.42 Å². The summed E-state index contributed by atoms with van der Waals surface area (Å²) in [4.78, 5) is 12.3. The number of H-pyrrole nitrogens is 1. The van der Waals surface area contributed by atoms with Crippen molar-refractivity contribution in [3.8, 4) is 0 Å². The number of oxazole rings is 1. The van der Waals surface area contributed by atoms with Gasteiger partial charge >= 0.3 is 0 Å². The molecular weight excluding hydrogens is 477 g/mol. The van der Waals surface area contributed by atoms with E-state index in [1.807, 2.05) is 0 Å². The highest BCUT2D eigenvalue weighted by Crippen LogP contribution is 2.23. The van der Waals surface area contributed by atoms with Crippen LogP contribution in [0, 0.1) is 6.92 Å². The molecule has 0 saturated carbocycles. The fourth-order valence-electron chi connectivity index (χ4n) is 3.10. The SMILES string of the molecule is CCNC(=NCc1ncc(C(C)(C)C)o1)NCCc1c[nH]c2c(C)cccc12.I. The van der Waals surface area contributed by atoms with Gasteiger partial charge in [0.1, 0.15) is 12.3 Å². The standard InChI is InChI=1S/C22H31N5O.HI/c1-6-23-21(27-14-19-25-13-18(28-19)22(3,4)5)24-11-10-16-12-26-20-15(2)8-7-9-17(16)20;/h7-9,12-13,26H,6,10-11,14H2,1-5H3,(H2,23,24,27);1H. The first-order valence-electron chi connectivity index (χ1n) is 9.91. The number of hydrogen-bond donors (Lipinski definition) is 3. The van der Waals surface area contributed by atoms with Gasteiger partial charge in [0.2, 0.25) is 5.89 Å². The molecular formula is C22H32IN5O. The Hall–Kier alpha value is -2.03. The molecule has 29 heavy (non-hydrogen) atoms. The summed E-state index contributed by atoms with van der Waals surface area (Å²) in [6, 6.07) is 6.41. The van der Waals surface area contributed by atoms with Gasteiger partial charge in [-0.15, -0.1) is 24.0 Å². The zero-order chi connectivity index (χ0) is 20.1. The van der Waals surface area contributed by atoms with Crippen molar-refractivity contribution in [3.63, 3.8) is 0 Å². The number of halogens is 1. The van der Waals surface area contributed by atoms with Gasteiger partial charge < -0.3 is 20.0 Å². The van der Waals surface area contributed by atoms with Crippen LogP contribution in [-0.4, -0.2) is 29.0 Å². The van der Waals surface area contributed by atoms with Crippen LogP contribution < -0.4 is 10.6 Å². The third kappa shape index (κ3) is 5.98. The van der Waals surface area contributed by atoms with E-state index in [1.165, 1.54) is 22.0 Å². The molecule has 6 nitrogen and oxygen atoms in total. The lowest BCUT2D eigenvalue weighted by Crippen LogP contribution is -2.38. The summed E-state index contributed by atoms with van der Waals surface area (Å²) in [6.07, 6.45) is 4.81. The minimum atomic E-state index is -0.0462. The number of nitrogens with zero attached hydrogens (tertiary/aromatic N) is 2. The summed E-state index contributed by atoms with van der Waals surface area (Å²) >= 11 is 0. The lowest BCUT2D eigenvalue weighted by atomic mass is 9.94. The minimum Gasteiger partial charge on any atom is -0.443 e. The molecule has 158 valence electrons. The molecule has 2 heterocycles. The van der Waals surface area contributed by atoms with Crippen molar-refractivity contribution in [1.82, 2.24) is 20.6 Å². The van der Waals surface area contributed by atoms with E-state index in [-0.39, 0.29) is 29.4 Å². The van der Waals surface area contributed by atoms with Gasteiger partial charge in [-0.05, 0) is 31.4 Å². The molecule has 3 N–H and O–H groups in total. The average molecular weight is 509 g/mol. The number of guanidine groups is 1. The molecule has 1 aromatic carbocycles. The molecule has 0 spiro atoms. The molecule has 0 atom stereocenters. The van der Waals surface area contributed by atoms with E-state index in [9.17, 15) is 0 Å². The first-order chi connectivity index (χ1) is 13.4. The normalized spacial score (nSPS) is 12.1. The number of aromatic nitrogens is 2. The zero-order valence-corrected chi connectivity index (χ0v) is 20.3. The van der Waals surface area contributed by atoms with Crippen LogP contribution in [0.5, 0.6) is 0 Å². The topological polar surface area (TPSA) is 78.2 Å². The molecule has 0 fully saturated rings. The molecule has 0 aliphatic heterocycles. The fraction of sp³-hybridized carbons (Fsp3) is 0.455. The van der Waals surface area contributed by atoms with Gasteiger partial charge in [-0.2, -0.15) is 0 Å². The molecule has 0 saturated heterocycles. The van der Waals surface area contributed by atoms with Crippen molar-refractivity contribution >= 4 is 40.8 Å². The number of rotatable bonds is 6. The van der Waals surface area contributed by atoms with Gasteiger partial charge in [0.05, 0.1) is 6.20 Å². The first kappa shape index (κ1) is 23.3. The Morgan fingerprint density at radius 1 is 1.24 bits per heavy atom. The van der Waals surface area contributed by atoms with Gasteiger partial charge in [0.25, 0.3) is 0 Å². The number of nitrogens with one attached hydrogen (secondary N) is 3. The predicted molar refractivity (Wildman–Crippen MR) is 130 cm³/mol. The van der Waals surface area contributed by atoms with Crippen LogP contribution in [0.15, 0.2) is 40.0 Å². The second kappa shape index (κ2) is 10.1. The molecule has 0 aliphatic carbocycles. The van der Waals surface area contributed by atoms with Gasteiger partial charge in [-0.25, -0.2) is 9.98 Å². The quantitative estimate of drug-likeness (QED) is 0.256. The Labute approximate surface area is 190 Å². The Morgan fingerprint density at radius 2 is 2.03 bits per heavy atom. The summed E-state index contributed by atoms with van der Waals surface area (Å²) in [7, 11) is 0. The van der Waals surface area contributed by atoms with Crippen molar-refractivity contribution in [2.75, 3.05) is 13.1 Å². The van der Waals surface area contributed by atoms with Gasteiger partial charge in [0.15, 0.2) is 5.96 Å². The van der Waals surface area contributed by atoms with Crippen LogP contribution in [0.2, 0.25) is 0 Å². The molecule has 2 aromatic heterocycles. The molecule has 3 aromatic rings. The number of aliphatic imine (C=N–C) groups is 1. The van der Waals surface area contributed by atoms with E-state index >= 15 is 0 Å². The maximum absolute atomic E-state index is 5.82. The first-order valence-corrected chi connectivity index (χ1v) is 9.91. The van der Waals surface area contributed by atoms with Gasteiger partial charge in [-0.1, -0.05) is 39.0 Å². The second-order valence-electron chi connectivity index (χ2n) is 8.05. The second-order valence-corrected chi connectivity index (χ2v) is 8.05. The molecule has 3 rings (SSSR count). The smallest absolute Gasteiger partial charge is 0.216 e. The molecule has 0 bridgehead atoms. The van der Waals surface area contributed by atoms with E-state index in [0.29, 0.717) is 12.4 Å².